The van der Waals surface area contributed by atoms with Crippen LogP contribution >= 0.6 is 11.6 Å². The van der Waals surface area contributed by atoms with Gasteiger partial charge in [0.2, 0.25) is 15.6 Å². The summed E-state index contributed by atoms with van der Waals surface area (Å²) < 4.78 is 23.1. The van der Waals surface area contributed by atoms with E-state index in [1.807, 2.05) is 0 Å². The number of fused-ring (bicyclic) bond motifs is 1. The molecule has 0 saturated heterocycles. The average Bonchev–Trinajstić information content (AvgIpc) is 2.29. The van der Waals surface area contributed by atoms with Crippen LogP contribution in [0.15, 0.2) is 34.6 Å². The van der Waals surface area contributed by atoms with Gasteiger partial charge in [-0.2, -0.15) is 0 Å². The molecule has 14 heavy (non-hydrogen) atoms. The molecule has 0 atom stereocenters. The normalized spacial score (nSPS) is 18.4. The minimum atomic E-state index is -3.68. The van der Waals surface area contributed by atoms with Crippen LogP contribution in [-0.4, -0.2) is 14.2 Å². The first-order valence-corrected chi connectivity index (χ1v) is 5.59. The van der Waals surface area contributed by atoms with Crippen molar-refractivity contribution < 1.29 is 13.2 Å². The van der Waals surface area contributed by atoms with Crippen molar-refractivity contribution >= 4 is 27.2 Å². The molecule has 0 saturated carbocycles. The van der Waals surface area contributed by atoms with E-state index in [0.717, 1.165) is 0 Å². The second-order valence-electron chi connectivity index (χ2n) is 2.90. The maximum absolute atomic E-state index is 11.6. The second-order valence-corrected chi connectivity index (χ2v) is 5.27. The summed E-state index contributed by atoms with van der Waals surface area (Å²) in [4.78, 5) is 11.0. The van der Waals surface area contributed by atoms with Gasteiger partial charge in [0.1, 0.15) is 4.91 Å². The maximum atomic E-state index is 11.6. The van der Waals surface area contributed by atoms with Crippen LogP contribution in [0.4, 0.5) is 0 Å². The van der Waals surface area contributed by atoms with E-state index in [2.05, 4.69) is 6.58 Å². The first kappa shape index (κ1) is 9.43. The van der Waals surface area contributed by atoms with E-state index in [9.17, 15) is 13.2 Å². The van der Waals surface area contributed by atoms with Gasteiger partial charge in [0.15, 0.2) is 0 Å². The predicted molar refractivity (Wildman–Crippen MR) is 52.1 cm³/mol. The zero-order valence-electron chi connectivity index (χ0n) is 6.95. The molecule has 3 nitrogen and oxygen atoms in total. The van der Waals surface area contributed by atoms with Gasteiger partial charge < -0.3 is 0 Å². The Morgan fingerprint density at radius 2 is 1.93 bits per heavy atom. The largest absolute Gasteiger partial charge is 0.288 e. The van der Waals surface area contributed by atoms with Gasteiger partial charge in [-0.05, 0) is 18.2 Å². The second kappa shape index (κ2) is 2.68. The summed E-state index contributed by atoms with van der Waals surface area (Å²) >= 11 is 5.64. The Labute approximate surface area is 85.9 Å². The van der Waals surface area contributed by atoms with Crippen molar-refractivity contribution in [1.29, 1.82) is 0 Å². The third kappa shape index (κ3) is 1.04. The molecular weight excluding hydrogens is 224 g/mol. The highest BCUT2D eigenvalue weighted by Gasteiger charge is 2.37. The number of carbonyl (C=O) groups is 1. The summed E-state index contributed by atoms with van der Waals surface area (Å²) in [5.41, 5.74) is 0.152. The Hall–Kier alpha value is -1.13. The molecule has 0 N–H and O–H groups in total. The van der Waals surface area contributed by atoms with Gasteiger partial charge in [0, 0.05) is 10.6 Å². The Balaban J connectivity index is 2.89. The lowest BCUT2D eigenvalue weighted by atomic mass is 10.1. The Kier molecular flexibility index (Phi) is 1.81. The number of Topliss-reactive ketones (excluding diaryl/α,β-unsaturated/α-hetero) is 1. The van der Waals surface area contributed by atoms with Gasteiger partial charge in [-0.25, -0.2) is 8.42 Å². The van der Waals surface area contributed by atoms with E-state index in [0.29, 0.717) is 0 Å². The van der Waals surface area contributed by atoms with E-state index < -0.39 is 15.6 Å². The fraction of sp³-hybridized carbons (Fsp3) is 0. The van der Waals surface area contributed by atoms with E-state index in [-0.39, 0.29) is 20.4 Å². The zero-order valence-corrected chi connectivity index (χ0v) is 8.52. The average molecular weight is 229 g/mol. The van der Waals surface area contributed by atoms with Gasteiger partial charge >= 0.3 is 0 Å². The molecule has 1 aliphatic heterocycles. The van der Waals surface area contributed by atoms with Crippen LogP contribution in [0, 0.1) is 0 Å². The van der Waals surface area contributed by atoms with E-state index in [1.165, 1.54) is 18.2 Å². The quantitative estimate of drug-likeness (QED) is 0.637. The number of hydrogen-bond donors (Lipinski definition) is 0. The number of allylic oxidation sites excluding steroid dienone is 1. The Morgan fingerprint density at radius 1 is 1.29 bits per heavy atom. The van der Waals surface area contributed by atoms with Crippen molar-refractivity contribution in [1.82, 2.24) is 0 Å². The minimum Gasteiger partial charge on any atom is -0.288 e. The smallest absolute Gasteiger partial charge is 0.210 e. The minimum absolute atomic E-state index is 0.0417. The molecular formula is C9H5ClO3S. The number of sulfone groups is 1. The highest BCUT2D eigenvalue weighted by molar-refractivity contribution is 7.97. The fourth-order valence-corrected chi connectivity index (χ4v) is 2.90. The van der Waals surface area contributed by atoms with Gasteiger partial charge in [-0.3, -0.25) is 4.79 Å². The molecule has 0 unspecified atom stereocenters. The van der Waals surface area contributed by atoms with Crippen LogP contribution in [0.25, 0.3) is 0 Å². The number of ketones is 1. The first-order chi connectivity index (χ1) is 6.44. The van der Waals surface area contributed by atoms with Crippen LogP contribution in [0.2, 0.25) is 5.02 Å². The van der Waals surface area contributed by atoms with Crippen LogP contribution < -0.4 is 0 Å². The van der Waals surface area contributed by atoms with Crippen LogP contribution in [-0.2, 0) is 9.84 Å². The molecule has 2 rings (SSSR count). The summed E-state index contributed by atoms with van der Waals surface area (Å²) in [6.45, 7) is 3.25. The molecule has 0 aromatic heterocycles. The molecule has 0 fully saturated rings. The molecule has 0 spiro atoms. The molecule has 1 aliphatic rings. The molecule has 1 aromatic carbocycles. The summed E-state index contributed by atoms with van der Waals surface area (Å²) in [6.07, 6.45) is 0. The lowest BCUT2D eigenvalue weighted by molar-refractivity contribution is 0.104. The molecule has 5 heteroatoms. The third-order valence-corrected chi connectivity index (χ3v) is 4.04. The van der Waals surface area contributed by atoms with Crippen molar-refractivity contribution in [2.75, 3.05) is 0 Å². The lowest BCUT2D eigenvalue weighted by Gasteiger charge is -1.95. The van der Waals surface area contributed by atoms with Gasteiger partial charge in [-0.15, -0.1) is 0 Å². The summed E-state index contributed by atoms with van der Waals surface area (Å²) in [6, 6.07) is 4.14. The van der Waals surface area contributed by atoms with Crippen molar-refractivity contribution in [2.45, 2.75) is 4.90 Å². The monoisotopic (exact) mass is 228 g/mol. The van der Waals surface area contributed by atoms with E-state index in [1.54, 1.807) is 0 Å². The molecule has 0 bridgehead atoms. The number of benzene rings is 1. The van der Waals surface area contributed by atoms with Crippen LogP contribution in [0.5, 0.6) is 0 Å². The number of hydrogen-bond acceptors (Lipinski definition) is 3. The van der Waals surface area contributed by atoms with Crippen molar-refractivity contribution in [3.8, 4) is 0 Å². The fourth-order valence-electron chi connectivity index (χ4n) is 1.31. The molecule has 72 valence electrons. The predicted octanol–water partition coefficient (Wildman–Crippen LogP) is 1.82. The zero-order chi connectivity index (χ0) is 10.5. The van der Waals surface area contributed by atoms with Gasteiger partial charge in [-0.1, -0.05) is 18.2 Å². The Bertz CT molecular complexity index is 557. The number of rotatable bonds is 0. The van der Waals surface area contributed by atoms with Crippen LogP contribution in [0.3, 0.4) is 0 Å². The molecule has 0 amide bonds. The highest BCUT2D eigenvalue weighted by Crippen LogP contribution is 2.34. The number of halogens is 1. The maximum Gasteiger partial charge on any atom is 0.210 e. The summed E-state index contributed by atoms with van der Waals surface area (Å²) in [5.74, 6) is -0.545. The molecule has 1 aromatic rings. The van der Waals surface area contributed by atoms with Crippen LogP contribution in [0.1, 0.15) is 10.4 Å². The molecule has 1 heterocycles. The van der Waals surface area contributed by atoms with E-state index in [4.69, 9.17) is 11.6 Å². The van der Waals surface area contributed by atoms with Crippen molar-refractivity contribution in [3.05, 3.63) is 40.3 Å². The van der Waals surface area contributed by atoms with Gasteiger partial charge in [0.05, 0.1) is 4.90 Å². The van der Waals surface area contributed by atoms with Gasteiger partial charge in [0.25, 0.3) is 0 Å². The number of carbonyl (C=O) groups excluding carboxylic acids is 1. The standard InChI is InChI=1S/C9H5ClO3S/c1-5-9(11)7-3-2-6(10)4-8(7)14(5,12)13/h2-4H,1H2. The van der Waals surface area contributed by atoms with Crippen molar-refractivity contribution in [2.24, 2.45) is 0 Å². The molecule has 0 radical (unpaired) electrons. The molecule has 0 aliphatic carbocycles. The highest BCUT2D eigenvalue weighted by atomic mass is 35.5. The third-order valence-electron chi connectivity index (χ3n) is 2.06. The lowest BCUT2D eigenvalue weighted by Crippen LogP contribution is -1.99. The first-order valence-electron chi connectivity index (χ1n) is 3.73. The summed E-state index contributed by atoms with van der Waals surface area (Å²) in [5, 5.41) is 0.287. The van der Waals surface area contributed by atoms with E-state index >= 15 is 0 Å². The topological polar surface area (TPSA) is 51.2 Å². The SMILES string of the molecule is C=C1C(=O)c2ccc(Cl)cc2S1(=O)=O. The summed E-state index contributed by atoms with van der Waals surface area (Å²) in [7, 11) is -3.68. The van der Waals surface area contributed by atoms with Crippen molar-refractivity contribution in [3.63, 3.8) is 0 Å². The Morgan fingerprint density at radius 3 is 2.57 bits per heavy atom.